The molecule has 0 radical (unpaired) electrons. The molecule has 0 aliphatic carbocycles. The quantitative estimate of drug-likeness (QED) is 0.715. The van der Waals surface area contributed by atoms with Crippen molar-refractivity contribution in [2.45, 2.75) is 31.6 Å². The molecule has 2 aliphatic heterocycles. The van der Waals surface area contributed by atoms with Gasteiger partial charge in [0.05, 0.1) is 18.0 Å². The minimum Gasteiger partial charge on any atom is -0.355 e. The van der Waals surface area contributed by atoms with E-state index in [9.17, 15) is 18.0 Å². The molecular weight excluding hydrogens is 400 g/mol. The van der Waals surface area contributed by atoms with Gasteiger partial charge in [-0.1, -0.05) is 13.8 Å². The molecule has 1 N–H and O–H groups in total. The molecule has 0 unspecified atom stereocenters. The number of nitrogens with one attached hydrogen (secondary N) is 1. The fourth-order valence-corrected chi connectivity index (χ4v) is 5.36. The highest BCUT2D eigenvalue weighted by molar-refractivity contribution is 8.15. The van der Waals surface area contributed by atoms with E-state index in [-0.39, 0.29) is 24.1 Å². The van der Waals surface area contributed by atoms with Crippen LogP contribution in [-0.2, 0) is 14.8 Å². The molecular formula is C18H24N4O4S2. The topological polar surface area (TPSA) is 99.1 Å². The van der Waals surface area contributed by atoms with Gasteiger partial charge in [-0.15, -0.1) is 4.40 Å². The van der Waals surface area contributed by atoms with Crippen LogP contribution in [0.25, 0.3) is 0 Å². The lowest BCUT2D eigenvalue weighted by Crippen LogP contribution is -2.41. The van der Waals surface area contributed by atoms with E-state index in [1.807, 2.05) is 24.8 Å². The van der Waals surface area contributed by atoms with Crippen LogP contribution in [0.1, 0.15) is 37.0 Å². The van der Waals surface area contributed by atoms with Crippen molar-refractivity contribution in [2.24, 2.45) is 4.40 Å². The zero-order valence-electron chi connectivity index (χ0n) is 16.0. The lowest BCUT2D eigenvalue weighted by atomic mass is 10.1. The number of carbonyl (C=O) groups is 2. The first-order valence-electron chi connectivity index (χ1n) is 9.32. The number of thioether (sulfide) groups is 1. The van der Waals surface area contributed by atoms with Gasteiger partial charge in [-0.3, -0.25) is 9.59 Å². The van der Waals surface area contributed by atoms with E-state index in [1.54, 1.807) is 17.0 Å². The van der Waals surface area contributed by atoms with E-state index in [4.69, 9.17) is 0 Å². The molecule has 0 bridgehead atoms. The molecule has 0 spiro atoms. The van der Waals surface area contributed by atoms with Crippen LogP contribution in [0.4, 0.5) is 5.69 Å². The number of sulfonamides is 1. The average Bonchev–Trinajstić information content (AvgIpc) is 3.00. The first-order chi connectivity index (χ1) is 13.3. The number of rotatable bonds is 7. The fraction of sp³-hybridized carbons (Fsp3) is 0.500. The van der Waals surface area contributed by atoms with Crippen LogP contribution in [0.5, 0.6) is 0 Å². The molecule has 1 aromatic carbocycles. The molecule has 0 saturated heterocycles. The zero-order valence-corrected chi connectivity index (χ0v) is 17.6. The average molecular weight is 425 g/mol. The third-order valence-electron chi connectivity index (χ3n) is 4.41. The van der Waals surface area contributed by atoms with Crippen LogP contribution in [0, 0.1) is 0 Å². The van der Waals surface area contributed by atoms with Gasteiger partial charge in [-0.2, -0.15) is 0 Å². The number of benzene rings is 1. The minimum atomic E-state index is -3.42. The van der Waals surface area contributed by atoms with Crippen molar-refractivity contribution in [1.82, 2.24) is 10.2 Å². The Morgan fingerprint density at radius 1 is 1.29 bits per heavy atom. The van der Waals surface area contributed by atoms with Gasteiger partial charge in [0.15, 0.2) is 5.17 Å². The molecule has 2 heterocycles. The van der Waals surface area contributed by atoms with Gasteiger partial charge in [0, 0.05) is 30.1 Å². The van der Waals surface area contributed by atoms with Crippen molar-refractivity contribution in [1.29, 1.82) is 0 Å². The molecule has 1 aromatic rings. The van der Waals surface area contributed by atoms with Gasteiger partial charge in [-0.05, 0) is 42.8 Å². The van der Waals surface area contributed by atoms with Gasteiger partial charge in [-0.25, -0.2) is 8.42 Å². The standard InChI is InChI=1S/C18H24N4O4S2/c1-3-7-19-16(23)12-21(8-4-2)17(24)13-5-6-14-15(11-13)27-18-20-28(25,26)10-9-22(14)18/h5-6,11H,3-4,7-10,12H2,1-2H3,(H,19,23). The number of amides is 2. The minimum absolute atomic E-state index is 0.0195. The van der Waals surface area contributed by atoms with E-state index in [1.165, 1.54) is 11.8 Å². The van der Waals surface area contributed by atoms with Gasteiger partial charge in [0.25, 0.3) is 15.9 Å². The molecule has 0 aromatic heterocycles. The highest BCUT2D eigenvalue weighted by Gasteiger charge is 2.33. The third-order valence-corrected chi connectivity index (χ3v) is 6.71. The maximum absolute atomic E-state index is 13.0. The molecule has 2 amide bonds. The van der Waals surface area contributed by atoms with Gasteiger partial charge >= 0.3 is 0 Å². The summed E-state index contributed by atoms with van der Waals surface area (Å²) in [5.41, 5.74) is 1.34. The van der Waals surface area contributed by atoms with Crippen molar-refractivity contribution in [3.63, 3.8) is 0 Å². The highest BCUT2D eigenvalue weighted by atomic mass is 32.2. The van der Waals surface area contributed by atoms with E-state index in [2.05, 4.69) is 9.71 Å². The van der Waals surface area contributed by atoms with Crippen LogP contribution < -0.4 is 10.2 Å². The smallest absolute Gasteiger partial charge is 0.257 e. The second kappa shape index (κ2) is 8.52. The SMILES string of the molecule is CCCNC(=O)CN(CCC)C(=O)c1ccc2c(c1)SC1=NS(=O)(=O)CCN12. The summed E-state index contributed by atoms with van der Waals surface area (Å²) in [6, 6.07) is 5.29. The molecule has 0 atom stereocenters. The second-order valence-electron chi connectivity index (χ2n) is 6.67. The number of fused-ring (bicyclic) bond motifs is 3. The second-order valence-corrected chi connectivity index (χ2v) is 9.44. The van der Waals surface area contributed by atoms with Crippen LogP contribution in [0.2, 0.25) is 0 Å². The van der Waals surface area contributed by atoms with Crippen molar-refractivity contribution in [3.8, 4) is 0 Å². The first-order valence-corrected chi connectivity index (χ1v) is 11.7. The van der Waals surface area contributed by atoms with Crippen LogP contribution in [-0.4, -0.2) is 62.2 Å². The first kappa shape index (κ1) is 20.7. The van der Waals surface area contributed by atoms with Crippen molar-refractivity contribution in [3.05, 3.63) is 23.8 Å². The molecule has 8 nitrogen and oxygen atoms in total. The van der Waals surface area contributed by atoms with Crippen LogP contribution in [0.3, 0.4) is 0 Å². The maximum Gasteiger partial charge on any atom is 0.257 e. The van der Waals surface area contributed by atoms with E-state index >= 15 is 0 Å². The molecule has 152 valence electrons. The number of hydrogen-bond donors (Lipinski definition) is 1. The summed E-state index contributed by atoms with van der Waals surface area (Å²) < 4.78 is 27.3. The predicted octanol–water partition coefficient (Wildman–Crippen LogP) is 1.68. The lowest BCUT2D eigenvalue weighted by molar-refractivity contribution is -0.121. The van der Waals surface area contributed by atoms with E-state index in [0.29, 0.717) is 30.4 Å². The normalized spacial score (nSPS) is 16.8. The monoisotopic (exact) mass is 424 g/mol. The number of nitrogens with zero attached hydrogens (tertiary/aromatic N) is 3. The largest absolute Gasteiger partial charge is 0.355 e. The summed E-state index contributed by atoms with van der Waals surface area (Å²) in [6.45, 7) is 5.38. The Balaban J connectivity index is 1.79. The van der Waals surface area contributed by atoms with Gasteiger partial charge < -0.3 is 15.1 Å². The number of carbonyl (C=O) groups excluding carboxylic acids is 2. The number of hydrogen-bond acceptors (Lipinski definition) is 6. The molecule has 3 rings (SSSR count). The Morgan fingerprint density at radius 2 is 2.07 bits per heavy atom. The predicted molar refractivity (Wildman–Crippen MR) is 110 cm³/mol. The molecule has 2 aliphatic rings. The Hall–Kier alpha value is -2.07. The Kier molecular flexibility index (Phi) is 6.29. The van der Waals surface area contributed by atoms with Crippen LogP contribution >= 0.6 is 11.8 Å². The van der Waals surface area contributed by atoms with Crippen molar-refractivity contribution >= 4 is 44.5 Å². The van der Waals surface area contributed by atoms with E-state index in [0.717, 1.165) is 23.4 Å². The molecule has 0 fully saturated rings. The summed E-state index contributed by atoms with van der Waals surface area (Å²) in [5, 5.41) is 3.22. The summed E-state index contributed by atoms with van der Waals surface area (Å²) in [6.07, 6.45) is 1.58. The fourth-order valence-electron chi connectivity index (χ4n) is 3.06. The third kappa shape index (κ3) is 4.49. The maximum atomic E-state index is 13.0. The van der Waals surface area contributed by atoms with Crippen molar-refractivity contribution in [2.75, 3.05) is 36.8 Å². The summed E-state index contributed by atoms with van der Waals surface area (Å²) >= 11 is 1.25. The Morgan fingerprint density at radius 3 is 2.79 bits per heavy atom. The summed E-state index contributed by atoms with van der Waals surface area (Å²) in [5.74, 6) is -0.402. The molecule has 0 saturated carbocycles. The molecule has 10 heteroatoms. The Bertz CT molecular complexity index is 914. The van der Waals surface area contributed by atoms with Gasteiger partial charge in [0.2, 0.25) is 5.91 Å². The number of amidine groups is 1. The lowest BCUT2D eigenvalue weighted by Gasteiger charge is -2.23. The summed E-state index contributed by atoms with van der Waals surface area (Å²) in [4.78, 5) is 29.2. The van der Waals surface area contributed by atoms with Crippen molar-refractivity contribution < 1.29 is 18.0 Å². The summed E-state index contributed by atoms with van der Waals surface area (Å²) in [7, 11) is -3.42. The molecule has 28 heavy (non-hydrogen) atoms. The van der Waals surface area contributed by atoms with Crippen LogP contribution in [0.15, 0.2) is 27.5 Å². The number of anilines is 1. The highest BCUT2D eigenvalue weighted by Crippen LogP contribution is 2.42. The zero-order chi connectivity index (χ0) is 20.3. The van der Waals surface area contributed by atoms with Gasteiger partial charge in [0.1, 0.15) is 0 Å². The van der Waals surface area contributed by atoms with E-state index < -0.39 is 10.0 Å². The Labute approximate surface area is 169 Å².